The second-order valence-corrected chi connectivity index (χ2v) is 6.13. The lowest BCUT2D eigenvalue weighted by molar-refractivity contribution is 0.569. The zero-order chi connectivity index (χ0) is 14.1. The molecule has 1 aliphatic rings. The largest absolute Gasteiger partial charge is 0.313 e. The average molecular weight is 300 g/mol. The third-order valence-electron chi connectivity index (χ3n) is 3.78. The Morgan fingerprint density at radius 3 is 3.10 bits per heavy atom. The molecule has 0 saturated heterocycles. The van der Waals surface area contributed by atoms with Crippen molar-refractivity contribution in [3.8, 4) is 10.7 Å². The zero-order valence-electron chi connectivity index (χ0n) is 11.6. The third kappa shape index (κ3) is 2.49. The van der Waals surface area contributed by atoms with Gasteiger partial charge in [-0.2, -0.15) is 5.10 Å². The van der Waals surface area contributed by atoms with Crippen LogP contribution in [0.25, 0.3) is 10.7 Å². The Bertz CT molecular complexity index is 727. The molecule has 0 radical (unpaired) electrons. The maximum Gasteiger partial charge on any atom is 0.154 e. The van der Waals surface area contributed by atoms with E-state index in [2.05, 4.69) is 24.8 Å². The fraction of sp³-hybridized carbons (Fsp3) is 0.429. The van der Waals surface area contributed by atoms with Crippen LogP contribution in [0.3, 0.4) is 0 Å². The predicted octanol–water partition coefficient (Wildman–Crippen LogP) is 2.37. The minimum absolute atomic E-state index is 0.665. The van der Waals surface area contributed by atoms with Gasteiger partial charge in [-0.25, -0.2) is 4.98 Å². The molecule has 108 valence electrons. The highest BCUT2D eigenvalue weighted by Crippen LogP contribution is 2.20. The van der Waals surface area contributed by atoms with E-state index < -0.39 is 0 Å². The molecule has 0 bridgehead atoms. The normalized spacial score (nSPS) is 14.9. The van der Waals surface area contributed by atoms with Crippen molar-refractivity contribution < 1.29 is 0 Å². The summed E-state index contributed by atoms with van der Waals surface area (Å²) >= 11 is 1.60. The molecule has 4 heterocycles. The first-order valence-corrected chi connectivity index (χ1v) is 8.12. The van der Waals surface area contributed by atoms with Crippen LogP contribution < -0.4 is 0 Å². The van der Waals surface area contributed by atoms with Crippen molar-refractivity contribution in [1.82, 2.24) is 29.5 Å². The van der Waals surface area contributed by atoms with Crippen molar-refractivity contribution in [2.24, 2.45) is 0 Å². The molecule has 0 aliphatic carbocycles. The molecule has 0 amide bonds. The summed E-state index contributed by atoms with van der Waals surface area (Å²) in [6.07, 6.45) is 8.53. The Morgan fingerprint density at radius 2 is 2.19 bits per heavy atom. The summed E-state index contributed by atoms with van der Waals surface area (Å²) < 4.78 is 4.18. The van der Waals surface area contributed by atoms with E-state index in [1.807, 2.05) is 22.3 Å². The summed E-state index contributed by atoms with van der Waals surface area (Å²) in [5.74, 6) is 2.12. The lowest BCUT2D eigenvalue weighted by Gasteiger charge is -2.06. The molecule has 0 spiro atoms. The third-order valence-corrected chi connectivity index (χ3v) is 4.58. The maximum absolute atomic E-state index is 4.58. The standard InChI is InChI=1S/C14H16N6S/c1-2-4-12-16-17-13(20(12)7-3-1)10-19-8-5-11(18-19)14-15-6-9-21-14/h5-6,8-9H,1-4,7,10H2. The molecule has 3 aromatic heterocycles. The van der Waals surface area contributed by atoms with Crippen LogP contribution in [0.4, 0.5) is 0 Å². The number of rotatable bonds is 3. The summed E-state index contributed by atoms with van der Waals surface area (Å²) in [4.78, 5) is 4.29. The number of hydrogen-bond donors (Lipinski definition) is 0. The monoisotopic (exact) mass is 300 g/mol. The van der Waals surface area contributed by atoms with Crippen LogP contribution in [-0.4, -0.2) is 29.5 Å². The first-order valence-electron chi connectivity index (χ1n) is 7.24. The number of aromatic nitrogens is 6. The van der Waals surface area contributed by atoms with Crippen LogP contribution in [0.5, 0.6) is 0 Å². The van der Waals surface area contributed by atoms with Gasteiger partial charge in [0.1, 0.15) is 23.1 Å². The Kier molecular flexibility index (Phi) is 3.27. The van der Waals surface area contributed by atoms with Crippen LogP contribution in [-0.2, 0) is 19.5 Å². The van der Waals surface area contributed by atoms with Crippen molar-refractivity contribution in [3.05, 3.63) is 35.5 Å². The van der Waals surface area contributed by atoms with Crippen molar-refractivity contribution in [2.45, 2.75) is 38.8 Å². The molecule has 21 heavy (non-hydrogen) atoms. The first-order chi connectivity index (χ1) is 10.4. The molecule has 0 unspecified atom stereocenters. The molecule has 0 atom stereocenters. The second-order valence-electron chi connectivity index (χ2n) is 5.23. The van der Waals surface area contributed by atoms with E-state index in [1.165, 1.54) is 19.3 Å². The van der Waals surface area contributed by atoms with Gasteiger partial charge in [-0.3, -0.25) is 4.68 Å². The molecule has 0 fully saturated rings. The summed E-state index contributed by atoms with van der Waals surface area (Å²) in [6.45, 7) is 1.69. The Morgan fingerprint density at radius 1 is 1.19 bits per heavy atom. The number of aryl methyl sites for hydroxylation is 1. The highest BCUT2D eigenvalue weighted by molar-refractivity contribution is 7.13. The zero-order valence-corrected chi connectivity index (χ0v) is 12.5. The minimum Gasteiger partial charge on any atom is -0.313 e. The fourth-order valence-electron chi connectivity index (χ4n) is 2.72. The second kappa shape index (κ2) is 5.40. The Labute approximate surface area is 126 Å². The average Bonchev–Trinajstić information content (AvgIpc) is 3.19. The van der Waals surface area contributed by atoms with Gasteiger partial charge in [0, 0.05) is 30.7 Å². The van der Waals surface area contributed by atoms with Crippen LogP contribution in [0.15, 0.2) is 23.8 Å². The van der Waals surface area contributed by atoms with E-state index in [1.54, 1.807) is 17.5 Å². The van der Waals surface area contributed by atoms with Crippen LogP contribution >= 0.6 is 11.3 Å². The molecule has 0 saturated carbocycles. The quantitative estimate of drug-likeness (QED) is 0.745. The van der Waals surface area contributed by atoms with E-state index >= 15 is 0 Å². The van der Waals surface area contributed by atoms with E-state index in [0.29, 0.717) is 6.54 Å². The number of fused-ring (bicyclic) bond motifs is 1. The molecular formula is C14H16N6S. The summed E-state index contributed by atoms with van der Waals surface area (Å²) in [5, 5.41) is 16.2. The SMILES string of the molecule is c1csc(-c2ccn(Cc3nnc4n3CCCCC4)n2)n1. The van der Waals surface area contributed by atoms with Gasteiger partial charge in [0.25, 0.3) is 0 Å². The molecule has 0 aromatic carbocycles. The molecule has 1 aliphatic heterocycles. The van der Waals surface area contributed by atoms with E-state index in [9.17, 15) is 0 Å². The van der Waals surface area contributed by atoms with Gasteiger partial charge >= 0.3 is 0 Å². The minimum atomic E-state index is 0.665. The van der Waals surface area contributed by atoms with E-state index in [0.717, 1.165) is 35.3 Å². The first kappa shape index (κ1) is 12.7. The lowest BCUT2D eigenvalue weighted by Crippen LogP contribution is -2.10. The maximum atomic E-state index is 4.58. The van der Waals surface area contributed by atoms with Crippen LogP contribution in [0, 0.1) is 0 Å². The summed E-state index contributed by atoms with van der Waals surface area (Å²) in [7, 11) is 0. The highest BCUT2D eigenvalue weighted by Gasteiger charge is 2.15. The Hall–Kier alpha value is -2.02. The highest BCUT2D eigenvalue weighted by atomic mass is 32.1. The van der Waals surface area contributed by atoms with Crippen LogP contribution in [0.1, 0.15) is 30.9 Å². The summed E-state index contributed by atoms with van der Waals surface area (Å²) in [5.41, 5.74) is 0.917. The van der Waals surface area contributed by atoms with Gasteiger partial charge < -0.3 is 4.57 Å². The van der Waals surface area contributed by atoms with E-state index in [4.69, 9.17) is 0 Å². The van der Waals surface area contributed by atoms with Crippen LogP contribution in [0.2, 0.25) is 0 Å². The molecule has 3 aromatic rings. The van der Waals surface area contributed by atoms with Crippen molar-refractivity contribution in [1.29, 1.82) is 0 Å². The number of thiazole rings is 1. The molecule has 7 heteroatoms. The molecular weight excluding hydrogens is 284 g/mol. The van der Waals surface area contributed by atoms with Crippen molar-refractivity contribution in [3.63, 3.8) is 0 Å². The van der Waals surface area contributed by atoms with Gasteiger partial charge in [-0.05, 0) is 18.9 Å². The fourth-order valence-corrected chi connectivity index (χ4v) is 3.32. The molecule has 4 rings (SSSR count). The lowest BCUT2D eigenvalue weighted by atomic mass is 10.2. The molecule has 6 nitrogen and oxygen atoms in total. The van der Waals surface area contributed by atoms with Gasteiger partial charge in [0.05, 0.1) is 0 Å². The predicted molar refractivity (Wildman–Crippen MR) is 80.0 cm³/mol. The van der Waals surface area contributed by atoms with Gasteiger partial charge in [0.15, 0.2) is 5.82 Å². The number of nitrogens with zero attached hydrogens (tertiary/aromatic N) is 6. The van der Waals surface area contributed by atoms with Gasteiger partial charge in [0.2, 0.25) is 0 Å². The smallest absolute Gasteiger partial charge is 0.154 e. The topological polar surface area (TPSA) is 61.4 Å². The van der Waals surface area contributed by atoms with Crippen molar-refractivity contribution >= 4 is 11.3 Å². The Balaban J connectivity index is 1.58. The molecule has 0 N–H and O–H groups in total. The summed E-state index contributed by atoms with van der Waals surface area (Å²) in [6, 6.07) is 2.00. The van der Waals surface area contributed by atoms with Gasteiger partial charge in [-0.15, -0.1) is 21.5 Å². The van der Waals surface area contributed by atoms with Crippen molar-refractivity contribution in [2.75, 3.05) is 0 Å². The number of hydrogen-bond acceptors (Lipinski definition) is 5. The van der Waals surface area contributed by atoms with Gasteiger partial charge in [-0.1, -0.05) is 6.42 Å². The van der Waals surface area contributed by atoms with E-state index in [-0.39, 0.29) is 0 Å².